The third kappa shape index (κ3) is 2.21. The normalized spacial score (nSPS) is 25.4. The van der Waals surface area contributed by atoms with Crippen LogP contribution in [0.15, 0.2) is 30.3 Å². The largest absolute Gasteiger partial charge is 0.392 e. The van der Waals surface area contributed by atoms with Gasteiger partial charge in [-0.15, -0.1) is 0 Å². The number of hydrogen-bond acceptors (Lipinski definition) is 1. The molecule has 0 saturated heterocycles. The molecule has 2 saturated carbocycles. The highest BCUT2D eigenvalue weighted by Gasteiger charge is 2.52. The molecule has 98 valence electrons. The summed E-state index contributed by atoms with van der Waals surface area (Å²) < 4.78 is 0. The molecule has 2 aliphatic carbocycles. The average molecular weight is 244 g/mol. The van der Waals surface area contributed by atoms with Gasteiger partial charge in [0.05, 0.1) is 6.10 Å². The van der Waals surface area contributed by atoms with Crippen LogP contribution in [0.5, 0.6) is 0 Å². The van der Waals surface area contributed by atoms with E-state index < -0.39 is 0 Å². The van der Waals surface area contributed by atoms with E-state index in [0.29, 0.717) is 5.92 Å². The lowest BCUT2D eigenvalue weighted by Gasteiger charge is -2.30. The fourth-order valence-electron chi connectivity index (χ4n) is 3.74. The van der Waals surface area contributed by atoms with Crippen LogP contribution in [-0.2, 0) is 5.41 Å². The third-order valence-corrected chi connectivity index (χ3v) is 5.05. The van der Waals surface area contributed by atoms with Crippen LogP contribution < -0.4 is 0 Å². The maximum atomic E-state index is 10.8. The molecule has 1 nitrogen and oxygen atoms in total. The van der Waals surface area contributed by atoms with Crippen molar-refractivity contribution in [1.82, 2.24) is 0 Å². The number of rotatable bonds is 3. The molecule has 2 fully saturated rings. The zero-order valence-electron chi connectivity index (χ0n) is 11.1. The lowest BCUT2D eigenvalue weighted by molar-refractivity contribution is 0.0619. The summed E-state index contributed by atoms with van der Waals surface area (Å²) in [5.74, 6) is 0.537. The van der Waals surface area contributed by atoms with Crippen LogP contribution in [0, 0.1) is 5.92 Å². The smallest absolute Gasteiger partial charge is 0.0664 e. The van der Waals surface area contributed by atoms with E-state index in [1.807, 2.05) is 0 Å². The van der Waals surface area contributed by atoms with Crippen molar-refractivity contribution in [2.24, 2.45) is 5.92 Å². The zero-order chi connectivity index (χ0) is 12.4. The monoisotopic (exact) mass is 244 g/mol. The highest BCUT2D eigenvalue weighted by atomic mass is 16.3. The molecule has 18 heavy (non-hydrogen) atoms. The maximum absolute atomic E-state index is 10.8. The molecule has 1 atom stereocenters. The molecule has 0 amide bonds. The molecular weight excluding hydrogens is 220 g/mol. The van der Waals surface area contributed by atoms with Gasteiger partial charge in [-0.1, -0.05) is 56.0 Å². The first-order valence-corrected chi connectivity index (χ1v) is 7.56. The topological polar surface area (TPSA) is 20.2 Å². The summed E-state index contributed by atoms with van der Waals surface area (Å²) in [7, 11) is 0. The molecular formula is C17H24O. The Morgan fingerprint density at radius 2 is 1.56 bits per heavy atom. The van der Waals surface area contributed by atoms with Crippen LogP contribution in [0.25, 0.3) is 0 Å². The first-order valence-electron chi connectivity index (χ1n) is 7.56. The highest BCUT2D eigenvalue weighted by Crippen LogP contribution is 2.54. The van der Waals surface area contributed by atoms with E-state index in [9.17, 15) is 5.11 Å². The van der Waals surface area contributed by atoms with Gasteiger partial charge >= 0.3 is 0 Å². The van der Waals surface area contributed by atoms with Crippen LogP contribution in [-0.4, -0.2) is 11.2 Å². The standard InChI is InChI=1S/C17H24O/c18-16(14-8-4-1-2-5-9-14)17(12-13-17)15-10-6-3-7-11-15/h3,6-7,10-11,14,16,18H,1-2,4-5,8-9,12-13H2. The van der Waals surface area contributed by atoms with Crippen molar-refractivity contribution in [3.63, 3.8) is 0 Å². The molecule has 0 bridgehead atoms. The minimum Gasteiger partial charge on any atom is -0.392 e. The van der Waals surface area contributed by atoms with Gasteiger partial charge < -0.3 is 5.11 Å². The summed E-state index contributed by atoms with van der Waals surface area (Å²) in [4.78, 5) is 0. The van der Waals surface area contributed by atoms with Gasteiger partial charge in [-0.2, -0.15) is 0 Å². The van der Waals surface area contributed by atoms with Crippen molar-refractivity contribution in [2.45, 2.75) is 62.9 Å². The Labute approximate surface area is 110 Å². The van der Waals surface area contributed by atoms with E-state index in [1.165, 1.54) is 56.9 Å². The summed E-state index contributed by atoms with van der Waals surface area (Å²) in [6, 6.07) is 10.7. The van der Waals surface area contributed by atoms with Crippen LogP contribution in [0.4, 0.5) is 0 Å². The molecule has 3 rings (SSSR count). The second-order valence-corrected chi connectivity index (χ2v) is 6.22. The molecule has 2 aliphatic rings. The predicted molar refractivity (Wildman–Crippen MR) is 74.6 cm³/mol. The number of benzene rings is 1. The van der Waals surface area contributed by atoms with Gasteiger partial charge in [0.25, 0.3) is 0 Å². The maximum Gasteiger partial charge on any atom is 0.0664 e. The summed E-state index contributed by atoms with van der Waals surface area (Å²) in [6.45, 7) is 0. The van der Waals surface area contributed by atoms with E-state index in [2.05, 4.69) is 30.3 Å². The Morgan fingerprint density at radius 3 is 2.11 bits per heavy atom. The quantitative estimate of drug-likeness (QED) is 0.795. The SMILES string of the molecule is OC(C1CCCCCC1)C1(c2ccccc2)CC1. The van der Waals surface area contributed by atoms with Crippen molar-refractivity contribution in [1.29, 1.82) is 0 Å². The van der Waals surface area contributed by atoms with Gasteiger partial charge in [-0.25, -0.2) is 0 Å². The summed E-state index contributed by atoms with van der Waals surface area (Å²) in [5, 5.41) is 10.8. The Kier molecular flexibility index (Phi) is 3.43. The second-order valence-electron chi connectivity index (χ2n) is 6.22. The third-order valence-electron chi connectivity index (χ3n) is 5.05. The van der Waals surface area contributed by atoms with Crippen LogP contribution in [0.2, 0.25) is 0 Å². The Morgan fingerprint density at radius 1 is 0.944 bits per heavy atom. The van der Waals surface area contributed by atoms with E-state index >= 15 is 0 Å². The summed E-state index contributed by atoms with van der Waals surface area (Å²) in [6.07, 6.45) is 10.1. The molecule has 0 aromatic heterocycles. The molecule has 0 spiro atoms. The number of hydrogen-bond donors (Lipinski definition) is 1. The molecule has 1 N–H and O–H groups in total. The van der Waals surface area contributed by atoms with Crippen LogP contribution in [0.3, 0.4) is 0 Å². The van der Waals surface area contributed by atoms with Crippen molar-refractivity contribution >= 4 is 0 Å². The summed E-state index contributed by atoms with van der Waals surface area (Å²) in [5.41, 5.74) is 1.47. The van der Waals surface area contributed by atoms with Gasteiger partial charge in [0.15, 0.2) is 0 Å². The first-order chi connectivity index (χ1) is 8.83. The second kappa shape index (κ2) is 5.05. The van der Waals surface area contributed by atoms with Gasteiger partial charge in [-0.3, -0.25) is 0 Å². The minimum atomic E-state index is -0.113. The molecule has 1 aromatic rings. The molecule has 1 unspecified atom stereocenters. The average Bonchev–Trinajstić information content (AvgIpc) is 3.24. The van der Waals surface area contributed by atoms with E-state index in [0.717, 1.165) is 0 Å². The van der Waals surface area contributed by atoms with Crippen LogP contribution in [0.1, 0.15) is 56.9 Å². The van der Waals surface area contributed by atoms with Gasteiger partial charge in [0.1, 0.15) is 0 Å². The summed E-state index contributed by atoms with van der Waals surface area (Å²) >= 11 is 0. The van der Waals surface area contributed by atoms with Gasteiger partial charge in [-0.05, 0) is 37.2 Å². The first kappa shape index (κ1) is 12.2. The Balaban J connectivity index is 1.77. The van der Waals surface area contributed by atoms with E-state index in [4.69, 9.17) is 0 Å². The van der Waals surface area contributed by atoms with Gasteiger partial charge in [0, 0.05) is 5.41 Å². The molecule has 0 heterocycles. The molecule has 1 heteroatoms. The fraction of sp³-hybridized carbons (Fsp3) is 0.647. The van der Waals surface area contributed by atoms with Gasteiger partial charge in [0.2, 0.25) is 0 Å². The van der Waals surface area contributed by atoms with E-state index in [-0.39, 0.29) is 11.5 Å². The molecule has 0 aliphatic heterocycles. The van der Waals surface area contributed by atoms with Crippen molar-refractivity contribution < 1.29 is 5.11 Å². The molecule has 1 aromatic carbocycles. The lowest BCUT2D eigenvalue weighted by Crippen LogP contribution is -2.33. The van der Waals surface area contributed by atoms with Crippen LogP contribution >= 0.6 is 0 Å². The molecule has 0 radical (unpaired) electrons. The van der Waals surface area contributed by atoms with Crippen molar-refractivity contribution in [3.05, 3.63) is 35.9 Å². The zero-order valence-corrected chi connectivity index (χ0v) is 11.1. The number of aliphatic hydroxyl groups is 1. The Hall–Kier alpha value is -0.820. The highest BCUT2D eigenvalue weighted by molar-refractivity contribution is 5.33. The van der Waals surface area contributed by atoms with Crippen molar-refractivity contribution in [3.8, 4) is 0 Å². The van der Waals surface area contributed by atoms with Crippen molar-refractivity contribution in [2.75, 3.05) is 0 Å². The predicted octanol–water partition coefficient (Wildman–Crippen LogP) is 4.05. The lowest BCUT2D eigenvalue weighted by atomic mass is 9.80. The Bertz CT molecular complexity index is 372. The minimum absolute atomic E-state index is 0.107. The fourth-order valence-corrected chi connectivity index (χ4v) is 3.74. The van der Waals surface area contributed by atoms with E-state index in [1.54, 1.807) is 0 Å². The number of aliphatic hydroxyl groups excluding tert-OH is 1.